The van der Waals surface area contributed by atoms with Crippen molar-refractivity contribution in [2.75, 3.05) is 19.0 Å². The van der Waals surface area contributed by atoms with Crippen molar-refractivity contribution < 1.29 is 19.1 Å². The quantitative estimate of drug-likeness (QED) is 0.623. The number of nitrogens with one attached hydrogen (secondary N) is 1. The summed E-state index contributed by atoms with van der Waals surface area (Å²) >= 11 is 0. The predicted molar refractivity (Wildman–Crippen MR) is 107 cm³/mol. The maximum atomic E-state index is 12.4. The van der Waals surface area contributed by atoms with E-state index in [9.17, 15) is 9.59 Å². The lowest BCUT2D eigenvalue weighted by Crippen LogP contribution is -2.22. The number of carbonyl (C=O) groups is 2. The summed E-state index contributed by atoms with van der Waals surface area (Å²) in [6.07, 6.45) is 2.22. The molecule has 7 nitrogen and oxygen atoms in total. The summed E-state index contributed by atoms with van der Waals surface area (Å²) in [6.45, 7) is -0.394. The number of rotatable bonds is 7. The molecule has 1 aromatic heterocycles. The van der Waals surface area contributed by atoms with Crippen LogP contribution in [0.4, 0.5) is 5.82 Å². The van der Waals surface area contributed by atoms with Gasteiger partial charge in [0.2, 0.25) is 0 Å². The summed E-state index contributed by atoms with van der Waals surface area (Å²) < 4.78 is 11.9. The van der Waals surface area contributed by atoms with Gasteiger partial charge in [0.15, 0.2) is 6.61 Å². The minimum absolute atomic E-state index is 0.322. The molecule has 1 saturated carbocycles. The zero-order valence-electron chi connectivity index (χ0n) is 16.0. The first-order valence-corrected chi connectivity index (χ1v) is 9.40. The highest BCUT2D eigenvalue weighted by Crippen LogP contribution is 2.40. The first-order chi connectivity index (χ1) is 14.1. The number of methoxy groups -OCH3 is 1. The van der Waals surface area contributed by atoms with E-state index in [1.807, 2.05) is 36.4 Å². The number of para-hydroxylation sites is 1. The molecule has 7 heteroatoms. The van der Waals surface area contributed by atoms with Crippen LogP contribution in [0.3, 0.4) is 0 Å². The van der Waals surface area contributed by atoms with Crippen LogP contribution in [0.1, 0.15) is 34.8 Å². The highest BCUT2D eigenvalue weighted by molar-refractivity contribution is 5.95. The maximum absolute atomic E-state index is 12.4. The highest BCUT2D eigenvalue weighted by atomic mass is 16.5. The van der Waals surface area contributed by atoms with Crippen LogP contribution in [0, 0.1) is 0 Å². The Kier molecular flexibility index (Phi) is 5.29. The summed E-state index contributed by atoms with van der Waals surface area (Å²) in [5.74, 6) is 0.528. The lowest BCUT2D eigenvalue weighted by atomic mass is 10.2. The molecule has 1 aliphatic carbocycles. The molecular weight excluding hydrogens is 370 g/mol. The summed E-state index contributed by atoms with van der Waals surface area (Å²) in [5, 5.41) is 7.44. The van der Waals surface area contributed by atoms with Crippen molar-refractivity contribution in [3.05, 3.63) is 71.9 Å². The van der Waals surface area contributed by atoms with E-state index < -0.39 is 18.5 Å². The molecule has 0 spiro atoms. The molecule has 2 aromatic carbocycles. The highest BCUT2D eigenvalue weighted by Gasteiger charge is 2.28. The number of aromatic nitrogens is 2. The van der Waals surface area contributed by atoms with Crippen LogP contribution in [0.15, 0.2) is 60.7 Å². The van der Waals surface area contributed by atoms with E-state index >= 15 is 0 Å². The average Bonchev–Trinajstić information content (AvgIpc) is 3.53. The number of esters is 1. The fourth-order valence-corrected chi connectivity index (χ4v) is 2.98. The van der Waals surface area contributed by atoms with E-state index in [1.165, 1.54) is 7.11 Å². The van der Waals surface area contributed by atoms with Crippen LogP contribution in [0.5, 0.6) is 5.75 Å². The number of anilines is 1. The van der Waals surface area contributed by atoms with Gasteiger partial charge in [-0.3, -0.25) is 4.79 Å². The van der Waals surface area contributed by atoms with Crippen LogP contribution < -0.4 is 10.1 Å². The summed E-state index contributed by atoms with van der Waals surface area (Å²) in [5.41, 5.74) is 2.13. The van der Waals surface area contributed by atoms with E-state index in [0.29, 0.717) is 23.0 Å². The first-order valence-electron chi connectivity index (χ1n) is 9.40. The smallest absolute Gasteiger partial charge is 0.338 e. The Hall–Kier alpha value is -3.61. The Morgan fingerprint density at radius 1 is 1.10 bits per heavy atom. The van der Waals surface area contributed by atoms with Crippen LogP contribution in [0.25, 0.3) is 5.69 Å². The third-order valence-electron chi connectivity index (χ3n) is 4.63. The molecule has 29 heavy (non-hydrogen) atoms. The number of hydrogen-bond donors (Lipinski definition) is 1. The van der Waals surface area contributed by atoms with Gasteiger partial charge in [-0.25, -0.2) is 9.48 Å². The van der Waals surface area contributed by atoms with Gasteiger partial charge in [-0.1, -0.05) is 24.3 Å². The van der Waals surface area contributed by atoms with Crippen LogP contribution in [-0.4, -0.2) is 35.4 Å². The number of carbonyl (C=O) groups excluding carboxylic acids is 2. The zero-order chi connectivity index (χ0) is 20.2. The van der Waals surface area contributed by atoms with Crippen LogP contribution >= 0.6 is 0 Å². The molecule has 0 radical (unpaired) electrons. The third-order valence-corrected chi connectivity index (χ3v) is 4.63. The summed E-state index contributed by atoms with van der Waals surface area (Å²) in [4.78, 5) is 24.6. The average molecular weight is 391 g/mol. The number of nitrogens with zero attached hydrogens (tertiary/aromatic N) is 2. The van der Waals surface area contributed by atoms with Crippen LogP contribution in [0.2, 0.25) is 0 Å². The molecule has 0 bridgehead atoms. The molecule has 0 saturated heterocycles. The number of benzene rings is 2. The molecule has 1 heterocycles. The van der Waals surface area contributed by atoms with Gasteiger partial charge in [0.25, 0.3) is 5.91 Å². The molecule has 1 amide bonds. The van der Waals surface area contributed by atoms with Gasteiger partial charge in [0, 0.05) is 12.0 Å². The Bertz CT molecular complexity index is 1030. The van der Waals surface area contributed by atoms with Crippen molar-refractivity contribution in [1.82, 2.24) is 9.78 Å². The van der Waals surface area contributed by atoms with E-state index in [4.69, 9.17) is 9.47 Å². The fraction of sp³-hybridized carbons (Fsp3) is 0.227. The lowest BCUT2D eigenvalue weighted by Gasteiger charge is -2.09. The Labute approximate surface area is 168 Å². The zero-order valence-corrected chi connectivity index (χ0v) is 16.0. The van der Waals surface area contributed by atoms with Crippen molar-refractivity contribution in [1.29, 1.82) is 0 Å². The molecule has 3 aromatic rings. The molecule has 1 N–H and O–H groups in total. The van der Waals surface area contributed by atoms with Gasteiger partial charge < -0.3 is 14.8 Å². The molecule has 1 aliphatic rings. The lowest BCUT2D eigenvalue weighted by molar-refractivity contribution is -0.119. The maximum Gasteiger partial charge on any atom is 0.338 e. The van der Waals surface area contributed by atoms with Gasteiger partial charge in [0.05, 0.1) is 24.1 Å². The number of ether oxygens (including phenoxy) is 2. The largest absolute Gasteiger partial charge is 0.497 e. The molecule has 148 valence electrons. The van der Waals surface area contributed by atoms with Crippen molar-refractivity contribution in [3.8, 4) is 11.4 Å². The third kappa shape index (κ3) is 4.45. The molecular formula is C22H21N3O4. The second kappa shape index (κ2) is 8.18. The minimum atomic E-state index is -0.589. The van der Waals surface area contributed by atoms with Crippen molar-refractivity contribution in [3.63, 3.8) is 0 Å². The topological polar surface area (TPSA) is 82.4 Å². The molecule has 0 atom stereocenters. The molecule has 0 unspecified atom stereocenters. The van der Waals surface area contributed by atoms with Gasteiger partial charge in [-0.15, -0.1) is 0 Å². The van der Waals surface area contributed by atoms with Gasteiger partial charge in [-0.2, -0.15) is 5.10 Å². The predicted octanol–water partition coefficient (Wildman–Crippen LogP) is 3.55. The normalized spacial score (nSPS) is 13.0. The fourth-order valence-electron chi connectivity index (χ4n) is 2.98. The van der Waals surface area contributed by atoms with Gasteiger partial charge in [-0.05, 0) is 43.2 Å². The van der Waals surface area contributed by atoms with Gasteiger partial charge >= 0.3 is 5.97 Å². The summed E-state index contributed by atoms with van der Waals surface area (Å²) in [6, 6.07) is 18.0. The number of hydrogen-bond acceptors (Lipinski definition) is 5. The minimum Gasteiger partial charge on any atom is -0.497 e. The van der Waals surface area contributed by atoms with E-state index in [-0.39, 0.29) is 0 Å². The van der Waals surface area contributed by atoms with Crippen molar-refractivity contribution in [2.24, 2.45) is 0 Å². The molecule has 4 rings (SSSR count). The van der Waals surface area contributed by atoms with E-state index in [1.54, 1.807) is 28.9 Å². The first kappa shape index (κ1) is 18.7. The van der Waals surface area contributed by atoms with Crippen molar-refractivity contribution in [2.45, 2.75) is 18.8 Å². The van der Waals surface area contributed by atoms with Gasteiger partial charge in [0.1, 0.15) is 11.6 Å². The van der Waals surface area contributed by atoms with E-state index in [0.717, 1.165) is 24.2 Å². The summed E-state index contributed by atoms with van der Waals surface area (Å²) in [7, 11) is 1.52. The Morgan fingerprint density at radius 2 is 1.90 bits per heavy atom. The van der Waals surface area contributed by atoms with Crippen LogP contribution in [-0.2, 0) is 9.53 Å². The molecule has 1 fully saturated rings. The van der Waals surface area contributed by atoms with E-state index in [2.05, 4.69) is 10.4 Å². The second-order valence-electron chi connectivity index (χ2n) is 6.83. The SMILES string of the molecule is COc1cccc(C(=O)OCC(=O)Nc2cc(C3CC3)nn2-c2ccccc2)c1. The standard InChI is InChI=1S/C22H21N3O4/c1-28-18-9-5-6-16(12-18)22(27)29-14-21(26)23-20-13-19(15-10-11-15)24-25(20)17-7-3-2-4-8-17/h2-9,12-13,15H,10-11,14H2,1H3,(H,23,26). The molecule has 0 aliphatic heterocycles. The van der Waals surface area contributed by atoms with Crippen molar-refractivity contribution >= 4 is 17.7 Å². The number of amides is 1. The Morgan fingerprint density at radius 3 is 2.62 bits per heavy atom. The second-order valence-corrected chi connectivity index (χ2v) is 6.83. The Balaban J connectivity index is 1.43. The monoisotopic (exact) mass is 391 g/mol.